The van der Waals surface area contributed by atoms with Crippen LogP contribution in [0.4, 0.5) is 5.69 Å². The predicted molar refractivity (Wildman–Crippen MR) is 249 cm³/mol. The van der Waals surface area contributed by atoms with Gasteiger partial charge in [0.1, 0.15) is 30.8 Å². The maximum atomic E-state index is 14.8. The number of fused-ring (bicyclic) bond motifs is 2. The van der Waals surface area contributed by atoms with Gasteiger partial charge in [-0.05, 0) is 117 Å². The minimum absolute atomic E-state index is 0.00295. The van der Waals surface area contributed by atoms with E-state index < -0.39 is 22.7 Å². The molecule has 0 bridgehead atoms. The molecule has 0 saturated heterocycles. The summed E-state index contributed by atoms with van der Waals surface area (Å²) in [7, 11) is 0. The second-order valence-corrected chi connectivity index (χ2v) is 18.3. The molecule has 0 spiro atoms. The SMILES string of the molecule is C=CCO[C@@]12Oc3ccc(OCc4cccc(C)n4)cc3[C@H]3[C@H](CCCCO)[C@@H](CCCCO)C=C(C(=NOCc4ccc([N+](=O)[O-])cc4)C[C@@H]1N(CCC)C(=O)CCC1CCCC1)[C@H]32. The molecular weight excluding hydrogens is 825 g/mol. The number of aliphatic hydroxyl groups excluding tert-OH is 2. The van der Waals surface area contributed by atoms with Crippen LogP contribution in [0.1, 0.15) is 125 Å². The number of nitrogens with zero attached hydrogens (tertiary/aromatic N) is 4. The first-order chi connectivity index (χ1) is 31.7. The average molecular weight is 893 g/mol. The van der Waals surface area contributed by atoms with E-state index in [-0.39, 0.29) is 62.4 Å². The van der Waals surface area contributed by atoms with Gasteiger partial charge in [-0.3, -0.25) is 19.9 Å². The summed E-state index contributed by atoms with van der Waals surface area (Å²) in [6.07, 6.45) is 15.7. The third-order valence-corrected chi connectivity index (χ3v) is 13.9. The molecule has 65 heavy (non-hydrogen) atoms. The number of hydrogen-bond donors (Lipinski definition) is 2. The first kappa shape index (κ1) is 47.8. The van der Waals surface area contributed by atoms with Crippen LogP contribution in [-0.2, 0) is 27.6 Å². The van der Waals surface area contributed by atoms with Gasteiger partial charge in [-0.2, -0.15) is 0 Å². The highest BCUT2D eigenvalue weighted by Crippen LogP contribution is 2.62. The van der Waals surface area contributed by atoms with E-state index in [2.05, 4.69) is 30.6 Å². The molecule has 1 aromatic heterocycles. The van der Waals surface area contributed by atoms with Crippen molar-refractivity contribution in [3.05, 3.63) is 118 Å². The zero-order chi connectivity index (χ0) is 45.8. The van der Waals surface area contributed by atoms with Gasteiger partial charge in [0, 0.05) is 61.9 Å². The van der Waals surface area contributed by atoms with E-state index in [4.69, 9.17) is 24.2 Å². The van der Waals surface area contributed by atoms with Gasteiger partial charge in [0.2, 0.25) is 11.7 Å². The van der Waals surface area contributed by atoms with Crippen LogP contribution >= 0.6 is 0 Å². The maximum Gasteiger partial charge on any atom is 0.269 e. The molecule has 0 unspecified atom stereocenters. The van der Waals surface area contributed by atoms with E-state index in [0.29, 0.717) is 55.4 Å². The lowest BCUT2D eigenvalue weighted by atomic mass is 9.55. The Kier molecular flexibility index (Phi) is 16.8. The number of aliphatic hydroxyl groups is 2. The first-order valence-corrected chi connectivity index (χ1v) is 24.0. The molecule has 13 nitrogen and oxygen atoms in total. The number of oxime groups is 1. The molecule has 3 aromatic rings. The fourth-order valence-electron chi connectivity index (χ4n) is 10.9. The van der Waals surface area contributed by atoms with E-state index in [1.807, 2.05) is 42.2 Å². The van der Waals surface area contributed by atoms with Crippen molar-refractivity contribution >= 4 is 17.3 Å². The molecule has 3 aliphatic carbocycles. The van der Waals surface area contributed by atoms with Crippen molar-refractivity contribution in [2.75, 3.05) is 26.4 Å². The number of unbranched alkanes of at least 4 members (excludes halogenated alkanes) is 2. The molecule has 2 aromatic carbocycles. The van der Waals surface area contributed by atoms with Crippen molar-refractivity contribution in [1.29, 1.82) is 0 Å². The summed E-state index contributed by atoms with van der Waals surface area (Å²) in [5.41, 5.74) is 5.10. The van der Waals surface area contributed by atoms with Gasteiger partial charge >= 0.3 is 0 Å². The van der Waals surface area contributed by atoms with Gasteiger partial charge in [-0.1, -0.05) is 68.8 Å². The number of carbonyl (C=O) groups is 1. The third kappa shape index (κ3) is 11.3. The van der Waals surface area contributed by atoms with E-state index in [0.717, 1.165) is 79.5 Å². The lowest BCUT2D eigenvalue weighted by Crippen LogP contribution is -2.70. The summed E-state index contributed by atoms with van der Waals surface area (Å²) in [6, 6.07) is 17.6. The van der Waals surface area contributed by atoms with E-state index >= 15 is 0 Å². The molecule has 1 amide bonds. The summed E-state index contributed by atoms with van der Waals surface area (Å²) in [5.74, 6) is 0.120. The van der Waals surface area contributed by atoms with E-state index in [9.17, 15) is 25.1 Å². The highest BCUT2D eigenvalue weighted by Gasteiger charge is 2.65. The second-order valence-electron chi connectivity index (χ2n) is 18.3. The Hall–Kier alpha value is -5.11. The Morgan fingerprint density at radius 3 is 2.51 bits per heavy atom. The van der Waals surface area contributed by atoms with Crippen LogP contribution in [0.25, 0.3) is 0 Å². The Labute approximate surface area is 384 Å². The lowest BCUT2D eigenvalue weighted by Gasteiger charge is -2.60. The fourth-order valence-corrected chi connectivity index (χ4v) is 10.9. The number of amides is 1. The Bertz CT molecular complexity index is 2140. The zero-order valence-corrected chi connectivity index (χ0v) is 38.3. The number of hydrogen-bond acceptors (Lipinski definition) is 11. The van der Waals surface area contributed by atoms with Gasteiger partial charge in [-0.25, -0.2) is 0 Å². The number of nitro groups is 1. The molecule has 2 saturated carbocycles. The van der Waals surface area contributed by atoms with Crippen LogP contribution in [0, 0.1) is 40.7 Å². The number of benzene rings is 2. The summed E-state index contributed by atoms with van der Waals surface area (Å²) < 4.78 is 21.1. The number of allylic oxidation sites excluding steroid dienone is 1. The molecule has 350 valence electrons. The topological polar surface area (TPSA) is 166 Å². The summed E-state index contributed by atoms with van der Waals surface area (Å²) >= 11 is 0. The van der Waals surface area contributed by atoms with Crippen LogP contribution in [0.5, 0.6) is 11.5 Å². The molecule has 2 fully saturated rings. The fraction of sp³-hybridized carbons (Fsp3) is 0.558. The maximum absolute atomic E-state index is 14.8. The summed E-state index contributed by atoms with van der Waals surface area (Å²) in [4.78, 5) is 38.7. The molecule has 7 rings (SSSR count). The predicted octanol–water partition coefficient (Wildman–Crippen LogP) is 9.92. The van der Waals surface area contributed by atoms with Crippen molar-refractivity contribution < 1.29 is 39.0 Å². The van der Waals surface area contributed by atoms with Crippen LogP contribution in [0.2, 0.25) is 0 Å². The monoisotopic (exact) mass is 892 g/mol. The van der Waals surface area contributed by atoms with Crippen molar-refractivity contribution in [2.24, 2.45) is 28.8 Å². The molecular formula is C52H68N4O9. The number of aryl methyl sites for hydroxylation is 1. The van der Waals surface area contributed by atoms with Crippen LogP contribution < -0.4 is 9.47 Å². The van der Waals surface area contributed by atoms with Crippen LogP contribution in [-0.4, -0.2) is 74.8 Å². The van der Waals surface area contributed by atoms with Gasteiger partial charge in [0.05, 0.1) is 28.9 Å². The number of pyridine rings is 1. The van der Waals surface area contributed by atoms with Crippen LogP contribution in [0.3, 0.4) is 0 Å². The Morgan fingerprint density at radius 2 is 1.80 bits per heavy atom. The Morgan fingerprint density at radius 1 is 1.03 bits per heavy atom. The van der Waals surface area contributed by atoms with Gasteiger partial charge < -0.3 is 34.2 Å². The number of ether oxygens (including phenoxy) is 3. The van der Waals surface area contributed by atoms with Crippen molar-refractivity contribution in [3.63, 3.8) is 0 Å². The first-order valence-electron chi connectivity index (χ1n) is 24.0. The number of nitro benzene ring substituents is 1. The minimum Gasteiger partial charge on any atom is -0.487 e. The van der Waals surface area contributed by atoms with Gasteiger partial charge in [0.15, 0.2) is 0 Å². The highest BCUT2D eigenvalue weighted by atomic mass is 16.7. The average Bonchev–Trinajstić information content (AvgIpc) is 3.84. The van der Waals surface area contributed by atoms with Crippen molar-refractivity contribution in [3.8, 4) is 11.5 Å². The number of non-ortho nitro benzene ring substituents is 1. The molecule has 0 radical (unpaired) electrons. The smallest absolute Gasteiger partial charge is 0.269 e. The van der Waals surface area contributed by atoms with Crippen LogP contribution in [0.15, 0.2) is 90.1 Å². The van der Waals surface area contributed by atoms with Crippen molar-refractivity contribution in [1.82, 2.24) is 9.88 Å². The number of rotatable bonds is 24. The summed E-state index contributed by atoms with van der Waals surface area (Å²) in [5, 5.41) is 36.3. The number of carbonyl (C=O) groups excluding carboxylic acids is 1. The lowest BCUT2D eigenvalue weighted by molar-refractivity contribution is -0.384. The Balaban J connectivity index is 1.38. The molecule has 2 N–H and O–H groups in total. The highest BCUT2D eigenvalue weighted by molar-refractivity contribution is 6.03. The molecule has 4 aliphatic rings. The standard InChI is InChI=1S/C52H68N4O9/c1-4-27-55(49(59)26-21-37-14-6-7-15-37)48-33-46(54-64-34-38-19-22-41(23-20-38)56(60)61)44-31-39(16-8-10-28-57)43(18-9-11-29-58)50-45-32-42(62-35-40-17-12-13-36(3)53-40)24-25-47(45)65-52(48,51(44)50)63-30-5-2/h5,12-13,17,19-20,22-25,31-32,37,39,43,48,50-51,57-58H,2,4,6-11,14-16,18,21,26-30,33-35H2,1,3H3/t39-,43+,48-,50+,51+,52+/m0/s1. The molecule has 6 atom stereocenters. The molecule has 13 heteroatoms. The summed E-state index contributed by atoms with van der Waals surface area (Å²) in [6.45, 7) is 9.37. The van der Waals surface area contributed by atoms with Crippen molar-refractivity contribution in [2.45, 2.75) is 135 Å². The second kappa shape index (κ2) is 22.9. The van der Waals surface area contributed by atoms with E-state index in [1.165, 1.54) is 25.0 Å². The van der Waals surface area contributed by atoms with Gasteiger partial charge in [0.25, 0.3) is 5.69 Å². The third-order valence-electron chi connectivity index (χ3n) is 13.9. The molecule has 1 aliphatic heterocycles. The quantitative estimate of drug-likeness (QED) is 0.0383. The number of aromatic nitrogens is 1. The zero-order valence-electron chi connectivity index (χ0n) is 38.3. The van der Waals surface area contributed by atoms with Gasteiger partial charge in [-0.15, -0.1) is 6.58 Å². The van der Waals surface area contributed by atoms with E-state index in [1.54, 1.807) is 18.2 Å². The molecule has 2 heterocycles. The largest absolute Gasteiger partial charge is 0.487 e. The normalized spacial score (nSPS) is 24.1. The minimum atomic E-state index is -1.34.